The van der Waals surface area contributed by atoms with Crippen LogP contribution in [0.5, 0.6) is 0 Å². The van der Waals surface area contributed by atoms with Gasteiger partial charge in [0.15, 0.2) is 6.61 Å². The second-order valence-electron chi connectivity index (χ2n) is 5.62. The summed E-state index contributed by atoms with van der Waals surface area (Å²) in [5, 5.41) is 3.67. The first-order chi connectivity index (χ1) is 12.6. The van der Waals surface area contributed by atoms with Gasteiger partial charge in [-0.1, -0.05) is 23.4 Å². The van der Waals surface area contributed by atoms with Crippen LogP contribution in [0.4, 0.5) is 0 Å². The molecule has 0 aliphatic carbocycles. The van der Waals surface area contributed by atoms with Crippen molar-refractivity contribution in [3.8, 4) is 0 Å². The van der Waals surface area contributed by atoms with Gasteiger partial charge in [0, 0.05) is 26.2 Å². The van der Waals surface area contributed by atoms with Gasteiger partial charge in [-0.15, -0.1) is 0 Å². The van der Waals surface area contributed by atoms with Crippen LogP contribution in [0.2, 0.25) is 0 Å². The van der Waals surface area contributed by atoms with Crippen LogP contribution in [0.25, 0.3) is 0 Å². The van der Waals surface area contributed by atoms with Crippen molar-refractivity contribution in [1.29, 1.82) is 0 Å². The number of carbonyl (C=O) groups excluding carboxylic acids is 1. The highest BCUT2D eigenvalue weighted by atomic mass is 32.2. The van der Waals surface area contributed by atoms with Crippen molar-refractivity contribution in [3.05, 3.63) is 54.5 Å². The van der Waals surface area contributed by atoms with Crippen LogP contribution in [-0.2, 0) is 19.7 Å². The summed E-state index contributed by atoms with van der Waals surface area (Å²) in [6, 6.07) is 11.7. The van der Waals surface area contributed by atoms with Gasteiger partial charge in [-0.3, -0.25) is 4.79 Å². The van der Waals surface area contributed by atoms with Crippen LogP contribution in [0.3, 0.4) is 0 Å². The van der Waals surface area contributed by atoms with Gasteiger partial charge in [0.05, 0.1) is 11.2 Å². The Morgan fingerprint density at radius 2 is 1.85 bits per heavy atom. The van der Waals surface area contributed by atoms with Crippen molar-refractivity contribution >= 4 is 22.1 Å². The lowest BCUT2D eigenvalue weighted by Gasteiger charge is -2.33. The minimum Gasteiger partial charge on any atom is -0.463 e. The number of rotatable bonds is 6. The fourth-order valence-corrected chi connectivity index (χ4v) is 4.00. The molecule has 0 atom stereocenters. The number of nitrogens with zero attached hydrogens (tertiary/aromatic N) is 3. The molecule has 2 heterocycles. The van der Waals surface area contributed by atoms with E-state index >= 15 is 0 Å². The normalized spacial score (nSPS) is 16.1. The Morgan fingerprint density at radius 1 is 1.12 bits per heavy atom. The summed E-state index contributed by atoms with van der Waals surface area (Å²) in [7, 11) is -3.53. The van der Waals surface area contributed by atoms with E-state index in [1.165, 1.54) is 16.8 Å². The Balaban J connectivity index is 1.48. The molecule has 8 nitrogen and oxygen atoms in total. The molecule has 1 amide bonds. The second-order valence-corrected chi connectivity index (χ2v) is 7.56. The van der Waals surface area contributed by atoms with E-state index in [9.17, 15) is 13.2 Å². The molecule has 3 rings (SSSR count). The van der Waals surface area contributed by atoms with E-state index in [2.05, 4.69) is 5.16 Å². The van der Waals surface area contributed by atoms with Gasteiger partial charge in [-0.05, 0) is 24.3 Å². The predicted octanol–water partition coefficient (Wildman–Crippen LogP) is 1.16. The van der Waals surface area contributed by atoms with Crippen LogP contribution in [0.1, 0.15) is 5.76 Å². The summed E-state index contributed by atoms with van der Waals surface area (Å²) in [6.07, 6.45) is 2.88. The molecule has 1 fully saturated rings. The smallest absolute Gasteiger partial charge is 0.263 e. The third-order valence-electron chi connectivity index (χ3n) is 3.96. The first kappa shape index (κ1) is 18.2. The number of piperazine rings is 1. The lowest BCUT2D eigenvalue weighted by atomic mass is 10.3. The molecule has 1 aromatic heterocycles. The largest absolute Gasteiger partial charge is 0.463 e. The second kappa shape index (κ2) is 8.15. The molecule has 0 radical (unpaired) electrons. The van der Waals surface area contributed by atoms with Gasteiger partial charge in [0.25, 0.3) is 5.91 Å². The summed E-state index contributed by atoms with van der Waals surface area (Å²) < 4.78 is 31.6. The minimum atomic E-state index is -3.53. The minimum absolute atomic E-state index is 0.206. The molecule has 0 N–H and O–H groups in total. The molecule has 0 bridgehead atoms. The van der Waals surface area contributed by atoms with Crippen LogP contribution in [0.15, 0.2) is 63.2 Å². The van der Waals surface area contributed by atoms with E-state index < -0.39 is 10.0 Å². The van der Waals surface area contributed by atoms with Crippen molar-refractivity contribution in [2.24, 2.45) is 5.16 Å². The van der Waals surface area contributed by atoms with Crippen LogP contribution < -0.4 is 0 Å². The third-order valence-corrected chi connectivity index (χ3v) is 5.87. The molecule has 2 aromatic rings. The number of amides is 1. The predicted molar refractivity (Wildman–Crippen MR) is 94.0 cm³/mol. The molecule has 1 aromatic carbocycles. The van der Waals surface area contributed by atoms with Crippen LogP contribution >= 0.6 is 0 Å². The zero-order valence-electron chi connectivity index (χ0n) is 14.0. The summed E-state index contributed by atoms with van der Waals surface area (Å²) in [5.74, 6) is 0.288. The number of oxime groups is 1. The Morgan fingerprint density at radius 3 is 2.50 bits per heavy atom. The number of hydrogen-bond acceptors (Lipinski definition) is 6. The fourth-order valence-electron chi connectivity index (χ4n) is 2.56. The summed E-state index contributed by atoms with van der Waals surface area (Å²) in [4.78, 5) is 18.9. The van der Waals surface area contributed by atoms with E-state index in [0.29, 0.717) is 18.8 Å². The highest BCUT2D eigenvalue weighted by Crippen LogP contribution is 2.17. The van der Waals surface area contributed by atoms with Crippen molar-refractivity contribution < 1.29 is 22.5 Å². The van der Waals surface area contributed by atoms with E-state index in [0.717, 1.165) is 0 Å². The number of carbonyl (C=O) groups is 1. The summed E-state index contributed by atoms with van der Waals surface area (Å²) >= 11 is 0. The van der Waals surface area contributed by atoms with Gasteiger partial charge in [-0.2, -0.15) is 4.31 Å². The van der Waals surface area contributed by atoms with Crippen LogP contribution in [-0.4, -0.2) is 62.5 Å². The molecule has 0 unspecified atom stereocenters. The topological polar surface area (TPSA) is 92.4 Å². The molecule has 1 saturated heterocycles. The maximum absolute atomic E-state index is 12.6. The fraction of sp³-hybridized carbons (Fsp3) is 0.294. The average molecular weight is 377 g/mol. The van der Waals surface area contributed by atoms with Crippen molar-refractivity contribution in [3.63, 3.8) is 0 Å². The maximum Gasteiger partial charge on any atom is 0.263 e. The third kappa shape index (κ3) is 4.30. The lowest BCUT2D eigenvalue weighted by Crippen LogP contribution is -2.51. The number of furan rings is 1. The number of sulfonamides is 1. The number of hydrogen-bond donors (Lipinski definition) is 0. The highest BCUT2D eigenvalue weighted by molar-refractivity contribution is 7.89. The van der Waals surface area contributed by atoms with Gasteiger partial charge in [0.1, 0.15) is 12.0 Å². The van der Waals surface area contributed by atoms with Crippen molar-refractivity contribution in [1.82, 2.24) is 9.21 Å². The Labute approximate surface area is 151 Å². The molecule has 9 heteroatoms. The lowest BCUT2D eigenvalue weighted by molar-refractivity contribution is -0.137. The van der Waals surface area contributed by atoms with Gasteiger partial charge in [0.2, 0.25) is 10.0 Å². The van der Waals surface area contributed by atoms with Gasteiger partial charge < -0.3 is 14.2 Å². The Bertz CT molecular complexity index is 842. The molecule has 138 valence electrons. The summed E-state index contributed by atoms with van der Waals surface area (Å²) in [5.41, 5.74) is 0. The summed E-state index contributed by atoms with van der Waals surface area (Å²) in [6.45, 7) is 0.923. The molecular weight excluding hydrogens is 358 g/mol. The highest BCUT2D eigenvalue weighted by Gasteiger charge is 2.29. The van der Waals surface area contributed by atoms with Gasteiger partial charge >= 0.3 is 0 Å². The van der Waals surface area contributed by atoms with E-state index in [-0.39, 0.29) is 30.5 Å². The van der Waals surface area contributed by atoms with Crippen molar-refractivity contribution in [2.45, 2.75) is 4.90 Å². The average Bonchev–Trinajstić information content (AvgIpc) is 3.19. The quantitative estimate of drug-likeness (QED) is 0.556. The molecule has 0 saturated carbocycles. The zero-order valence-corrected chi connectivity index (χ0v) is 14.8. The maximum atomic E-state index is 12.6. The zero-order chi connectivity index (χ0) is 18.4. The van der Waals surface area contributed by atoms with E-state index in [1.54, 1.807) is 47.4 Å². The van der Waals surface area contributed by atoms with E-state index in [1.807, 2.05) is 0 Å². The standard InChI is InChI=1S/C17H19N3O5S/c21-17(14-25-18-13-15-5-4-12-24-15)19-8-10-20(11-9-19)26(22,23)16-6-2-1-3-7-16/h1-7,12-13H,8-11,14H2/b18-13-. The van der Waals surface area contributed by atoms with E-state index in [4.69, 9.17) is 9.25 Å². The molecule has 1 aliphatic rings. The first-order valence-electron chi connectivity index (χ1n) is 8.09. The van der Waals surface area contributed by atoms with Crippen LogP contribution in [0, 0.1) is 0 Å². The monoisotopic (exact) mass is 377 g/mol. The molecular formula is C17H19N3O5S. The van der Waals surface area contributed by atoms with Gasteiger partial charge in [-0.25, -0.2) is 8.42 Å². The SMILES string of the molecule is O=C(CO/N=C\c1ccco1)N1CCN(S(=O)(=O)c2ccccc2)CC1. The molecule has 26 heavy (non-hydrogen) atoms. The molecule has 0 spiro atoms. The molecule has 1 aliphatic heterocycles. The number of benzene rings is 1. The Kier molecular flexibility index (Phi) is 5.69. The Hall–Kier alpha value is -2.65. The van der Waals surface area contributed by atoms with Crippen molar-refractivity contribution in [2.75, 3.05) is 32.8 Å². The first-order valence-corrected chi connectivity index (χ1v) is 9.53.